The lowest BCUT2D eigenvalue weighted by atomic mass is 9.96. The number of aromatic hydroxyl groups is 1. The smallest absolute Gasteiger partial charge is 0.415 e. The van der Waals surface area contributed by atoms with Crippen molar-refractivity contribution in [2.24, 2.45) is 0 Å². The number of aromatic nitrogens is 2. The number of hydrogen-bond acceptors (Lipinski definition) is 7. The van der Waals surface area contributed by atoms with Crippen molar-refractivity contribution in [2.75, 3.05) is 55.9 Å². The fourth-order valence-corrected chi connectivity index (χ4v) is 8.40. The lowest BCUT2D eigenvalue weighted by Crippen LogP contribution is -2.48. The van der Waals surface area contributed by atoms with Crippen molar-refractivity contribution >= 4 is 84.1 Å². The predicted molar refractivity (Wildman–Crippen MR) is 198 cm³/mol. The fourth-order valence-electron chi connectivity index (χ4n) is 7.03. The summed E-state index contributed by atoms with van der Waals surface area (Å²) in [5.74, 6) is 0.245. The Morgan fingerprint density at radius 2 is 1.70 bits per heavy atom. The van der Waals surface area contributed by atoms with Gasteiger partial charge in [-0.1, -0.05) is 6.92 Å². The molecule has 2 aliphatic heterocycles. The number of aromatic amines is 2. The Labute approximate surface area is 296 Å². The van der Waals surface area contributed by atoms with Crippen molar-refractivity contribution in [1.29, 1.82) is 0 Å². The maximum Gasteiger partial charge on any atom is 0.415 e. The van der Waals surface area contributed by atoms with Crippen LogP contribution < -0.4 is 15.0 Å². The molecule has 2 aliphatic rings. The first kappa shape index (κ1) is 32.2. The number of alkyl halides is 1. The van der Waals surface area contributed by atoms with Crippen LogP contribution in [0.3, 0.4) is 0 Å². The van der Waals surface area contributed by atoms with Crippen LogP contribution in [-0.2, 0) is 6.42 Å². The van der Waals surface area contributed by atoms with E-state index in [9.17, 15) is 19.5 Å². The van der Waals surface area contributed by atoms with Crippen LogP contribution in [0.2, 0.25) is 0 Å². The number of H-pyrrole nitrogens is 2. The zero-order valence-electron chi connectivity index (χ0n) is 27.5. The molecule has 5 heterocycles. The summed E-state index contributed by atoms with van der Waals surface area (Å²) in [5, 5.41) is 17.3. The summed E-state index contributed by atoms with van der Waals surface area (Å²) in [7, 11) is 2.04. The second-order valence-corrected chi connectivity index (χ2v) is 14.1. The highest BCUT2D eigenvalue weighted by molar-refractivity contribution is 7.17. The van der Waals surface area contributed by atoms with Gasteiger partial charge >= 0.3 is 6.09 Å². The number of nitrogens with one attached hydrogen (secondary N) is 3. The number of fused-ring (bicyclic) bond motifs is 5. The summed E-state index contributed by atoms with van der Waals surface area (Å²) in [6.07, 6.45) is 0.397. The van der Waals surface area contributed by atoms with Gasteiger partial charge in [0.2, 0.25) is 0 Å². The molecular formula is C37H35ClN6O5S. The van der Waals surface area contributed by atoms with Crippen LogP contribution in [0.25, 0.3) is 31.9 Å². The van der Waals surface area contributed by atoms with E-state index in [-0.39, 0.29) is 23.5 Å². The van der Waals surface area contributed by atoms with Crippen LogP contribution in [0.15, 0.2) is 60.0 Å². The van der Waals surface area contributed by atoms with Crippen molar-refractivity contribution in [1.82, 2.24) is 19.8 Å². The quantitative estimate of drug-likeness (QED) is 0.136. The van der Waals surface area contributed by atoms with Crippen molar-refractivity contribution < 1.29 is 24.2 Å². The van der Waals surface area contributed by atoms with E-state index in [1.807, 2.05) is 25.2 Å². The number of likely N-dealkylation sites (N-methyl/N-ethyl adjacent to an activating group) is 1. The van der Waals surface area contributed by atoms with Gasteiger partial charge in [-0.25, -0.2) is 4.79 Å². The van der Waals surface area contributed by atoms with E-state index in [4.69, 9.17) is 16.3 Å². The van der Waals surface area contributed by atoms with Gasteiger partial charge < -0.3 is 39.8 Å². The van der Waals surface area contributed by atoms with E-state index in [1.165, 1.54) is 0 Å². The van der Waals surface area contributed by atoms with Gasteiger partial charge in [0.05, 0.1) is 10.4 Å². The van der Waals surface area contributed by atoms with E-state index in [2.05, 4.69) is 32.5 Å². The van der Waals surface area contributed by atoms with Gasteiger partial charge in [-0.15, -0.1) is 22.9 Å². The third kappa shape index (κ3) is 5.62. The van der Waals surface area contributed by atoms with Crippen LogP contribution in [0.4, 0.5) is 16.2 Å². The third-order valence-electron chi connectivity index (χ3n) is 9.74. The number of anilines is 2. The minimum absolute atomic E-state index is 0.0970. The summed E-state index contributed by atoms with van der Waals surface area (Å²) < 4.78 is 6.97. The average molecular weight is 711 g/mol. The van der Waals surface area contributed by atoms with Gasteiger partial charge in [-0.05, 0) is 78.5 Å². The van der Waals surface area contributed by atoms with Gasteiger partial charge in [-0.2, -0.15) is 0 Å². The molecule has 13 heteroatoms. The summed E-state index contributed by atoms with van der Waals surface area (Å²) >= 11 is 8.11. The molecule has 6 aromatic rings. The predicted octanol–water partition coefficient (Wildman–Crippen LogP) is 7.11. The van der Waals surface area contributed by atoms with Gasteiger partial charge in [0.1, 0.15) is 17.1 Å². The number of benzene rings is 3. The molecular weight excluding hydrogens is 676 g/mol. The highest BCUT2D eigenvalue weighted by Crippen LogP contribution is 2.49. The number of piperazine rings is 1. The molecule has 50 heavy (non-hydrogen) atoms. The van der Waals surface area contributed by atoms with E-state index < -0.39 is 6.09 Å². The first-order valence-electron chi connectivity index (χ1n) is 16.6. The number of rotatable bonds is 6. The second kappa shape index (κ2) is 12.7. The second-order valence-electron chi connectivity index (χ2n) is 12.9. The SMILES string of the molecule is CCc1csc2c(OC(=O)N3CCN(C)CC3)cc3c(c12)[C@H](CCl)CN3C(=O)c1cc2cc(NC(=O)c3cc4cc(O)ccc4[nH]3)ccc2[nH]1. The topological polar surface area (TPSA) is 134 Å². The zero-order chi connectivity index (χ0) is 34.7. The Bertz CT molecular complexity index is 2320. The number of halogens is 1. The normalized spacial score (nSPS) is 16.4. The molecule has 256 valence electrons. The van der Waals surface area contributed by atoms with E-state index in [0.29, 0.717) is 54.0 Å². The summed E-state index contributed by atoms with van der Waals surface area (Å²) in [4.78, 5) is 52.6. The van der Waals surface area contributed by atoms with Crippen LogP contribution >= 0.6 is 22.9 Å². The van der Waals surface area contributed by atoms with Crippen LogP contribution in [0.5, 0.6) is 11.5 Å². The number of ether oxygens (including phenoxy) is 1. The fraction of sp³-hybridized carbons (Fsp3) is 0.270. The Kier molecular flexibility index (Phi) is 8.17. The molecule has 0 radical (unpaired) electrons. The Balaban J connectivity index is 1.09. The zero-order valence-corrected chi connectivity index (χ0v) is 29.1. The van der Waals surface area contributed by atoms with E-state index in [1.54, 1.807) is 57.5 Å². The molecule has 1 atom stereocenters. The number of phenolic OH excluding ortho intramolecular Hbond substituents is 1. The molecule has 0 spiro atoms. The van der Waals surface area contributed by atoms with Crippen molar-refractivity contribution in [3.8, 4) is 11.5 Å². The average Bonchev–Trinajstić information content (AvgIpc) is 3.91. The van der Waals surface area contributed by atoms with Crippen LogP contribution in [0, 0.1) is 0 Å². The molecule has 3 aromatic carbocycles. The Morgan fingerprint density at radius 1 is 0.980 bits per heavy atom. The molecule has 3 aromatic heterocycles. The summed E-state index contributed by atoms with van der Waals surface area (Å²) in [6.45, 7) is 5.22. The number of nitrogens with zero attached hydrogens (tertiary/aromatic N) is 3. The number of phenols is 1. The Morgan fingerprint density at radius 3 is 2.46 bits per heavy atom. The highest BCUT2D eigenvalue weighted by Gasteiger charge is 2.37. The number of hydrogen-bond donors (Lipinski definition) is 4. The van der Waals surface area contributed by atoms with Gasteiger partial charge in [0.25, 0.3) is 11.8 Å². The molecule has 8 rings (SSSR count). The first-order valence-corrected chi connectivity index (χ1v) is 18.0. The minimum Gasteiger partial charge on any atom is -0.508 e. The van der Waals surface area contributed by atoms with Crippen molar-refractivity contribution in [2.45, 2.75) is 19.3 Å². The molecule has 3 amide bonds. The van der Waals surface area contributed by atoms with Crippen molar-refractivity contribution in [3.05, 3.63) is 82.5 Å². The van der Waals surface area contributed by atoms with E-state index in [0.717, 1.165) is 62.5 Å². The number of carbonyl (C=O) groups excluding carboxylic acids is 3. The summed E-state index contributed by atoms with van der Waals surface area (Å²) in [5.41, 5.74) is 5.62. The third-order valence-corrected chi connectivity index (χ3v) is 11.2. The minimum atomic E-state index is -0.391. The molecule has 0 bridgehead atoms. The summed E-state index contributed by atoms with van der Waals surface area (Å²) in [6, 6.07) is 15.6. The molecule has 11 nitrogen and oxygen atoms in total. The molecule has 1 saturated heterocycles. The van der Waals surface area contributed by atoms with Gasteiger partial charge in [0.15, 0.2) is 5.75 Å². The molecule has 1 fully saturated rings. The number of aryl methyl sites for hydroxylation is 1. The lowest BCUT2D eigenvalue weighted by Gasteiger charge is -2.31. The number of carbonyl (C=O) groups is 3. The first-order chi connectivity index (χ1) is 24.2. The molecule has 4 N–H and O–H groups in total. The maximum absolute atomic E-state index is 14.3. The lowest BCUT2D eigenvalue weighted by molar-refractivity contribution is 0.0982. The largest absolute Gasteiger partial charge is 0.508 e. The van der Waals surface area contributed by atoms with Crippen LogP contribution in [0.1, 0.15) is 44.9 Å². The number of amides is 3. The van der Waals surface area contributed by atoms with E-state index >= 15 is 0 Å². The Hall–Kier alpha value is -5.04. The van der Waals surface area contributed by atoms with Gasteiger partial charge in [0, 0.05) is 83.5 Å². The number of thiophene rings is 1. The maximum atomic E-state index is 14.3. The highest BCUT2D eigenvalue weighted by atomic mass is 35.5. The van der Waals surface area contributed by atoms with Gasteiger partial charge in [-0.3, -0.25) is 9.59 Å². The van der Waals surface area contributed by atoms with Crippen LogP contribution in [-0.4, -0.2) is 88.4 Å². The van der Waals surface area contributed by atoms with Crippen molar-refractivity contribution in [3.63, 3.8) is 0 Å². The molecule has 0 saturated carbocycles. The molecule has 0 aliphatic carbocycles. The standard InChI is InChI=1S/C37H35ClN6O5S/c1-3-20-19-50-34-31(49-37(48)43-10-8-42(2)9-11-43)16-30-32(33(20)34)23(17-38)18-44(30)36(47)29-15-21-12-24(4-6-26(21)41-29)39-35(46)28-14-22-13-25(45)5-7-27(22)40-28/h4-7,12-16,19,23,40-41,45H,3,8-11,17-18H2,1-2H3,(H,39,46)/t23-/m1/s1. The monoisotopic (exact) mass is 710 g/mol. The molecule has 0 unspecified atom stereocenters.